The molecule has 0 unspecified atom stereocenters. The molecule has 1 aromatic carbocycles. The smallest absolute Gasteiger partial charge is 0.265 e. The average molecular weight is 492 g/mol. The molecule has 11 heteroatoms. The van der Waals surface area contributed by atoms with E-state index in [1.165, 1.54) is 24.4 Å². The molecule has 0 aliphatic carbocycles. The quantitative estimate of drug-likeness (QED) is 0.578. The minimum absolute atomic E-state index is 0.0677. The number of aryl methyl sites for hydroxylation is 1. The minimum Gasteiger partial charge on any atom is -0.493 e. The van der Waals surface area contributed by atoms with Crippen LogP contribution in [0.1, 0.15) is 49.5 Å². The molecule has 4 heterocycles. The Morgan fingerprint density at radius 2 is 2.06 bits per heavy atom. The van der Waals surface area contributed by atoms with E-state index in [0.29, 0.717) is 35.3 Å². The molecule has 3 atom stereocenters. The molecule has 2 aliphatic heterocycles. The van der Waals surface area contributed by atoms with Gasteiger partial charge in [0.05, 0.1) is 18.3 Å². The number of hydrogen-bond donors (Lipinski definition) is 1. The van der Waals surface area contributed by atoms with E-state index in [1.807, 2.05) is 17.8 Å². The number of nitrogens with zero attached hydrogens (tertiary/aromatic N) is 4. The first-order chi connectivity index (χ1) is 15.8. The lowest BCUT2D eigenvalue weighted by Crippen LogP contribution is -2.41. The van der Waals surface area contributed by atoms with Gasteiger partial charge in [0.1, 0.15) is 21.5 Å². The second-order valence-corrected chi connectivity index (χ2v) is 11.2. The minimum atomic E-state index is -4.11. The molecular weight excluding hydrogens is 465 g/mol. The normalized spacial score (nSPS) is 23.7. The molecular formula is C22H26FN5O3S2. The highest BCUT2D eigenvalue weighted by Gasteiger charge is 2.38. The average Bonchev–Trinajstić information content (AvgIpc) is 3.44. The van der Waals surface area contributed by atoms with Crippen LogP contribution in [0.3, 0.4) is 0 Å². The molecule has 1 N–H and O–H groups in total. The molecule has 1 fully saturated rings. The Labute approximate surface area is 196 Å². The topological polar surface area (TPSA) is 89.3 Å². The van der Waals surface area contributed by atoms with Gasteiger partial charge in [0.2, 0.25) is 0 Å². The van der Waals surface area contributed by atoms with E-state index in [1.54, 1.807) is 6.20 Å². The zero-order chi connectivity index (χ0) is 23.2. The number of aromatic nitrogens is 3. The first kappa shape index (κ1) is 22.3. The van der Waals surface area contributed by atoms with Crippen molar-refractivity contribution in [1.29, 1.82) is 0 Å². The number of fused-ring (bicyclic) bond motifs is 1. The highest BCUT2D eigenvalue weighted by atomic mass is 32.2. The van der Waals surface area contributed by atoms with Gasteiger partial charge in [-0.05, 0) is 55.0 Å². The van der Waals surface area contributed by atoms with Crippen LogP contribution in [0.5, 0.6) is 5.75 Å². The summed E-state index contributed by atoms with van der Waals surface area (Å²) in [5.41, 5.74) is 1.82. The number of nitrogens with one attached hydrogen (secondary N) is 1. The molecule has 3 aromatic rings. The fourth-order valence-electron chi connectivity index (χ4n) is 4.91. The predicted molar refractivity (Wildman–Crippen MR) is 123 cm³/mol. The van der Waals surface area contributed by atoms with Crippen molar-refractivity contribution in [2.45, 2.75) is 43.2 Å². The summed E-state index contributed by atoms with van der Waals surface area (Å²) >= 11 is 0.991. The Hall–Kier alpha value is -2.50. The highest BCUT2D eigenvalue weighted by Crippen LogP contribution is 2.45. The molecule has 176 valence electrons. The lowest BCUT2D eigenvalue weighted by atomic mass is 9.87. The van der Waals surface area contributed by atoms with Crippen LogP contribution in [0.2, 0.25) is 0 Å². The number of benzene rings is 1. The van der Waals surface area contributed by atoms with Crippen LogP contribution >= 0.6 is 11.5 Å². The molecule has 5 rings (SSSR count). The fraction of sp³-hybridized carbons (Fsp3) is 0.455. The van der Waals surface area contributed by atoms with Gasteiger partial charge in [-0.25, -0.2) is 12.8 Å². The maximum atomic E-state index is 15.2. The van der Waals surface area contributed by atoms with Gasteiger partial charge in [0.25, 0.3) is 10.0 Å². The molecule has 1 saturated heterocycles. The van der Waals surface area contributed by atoms with E-state index in [-0.39, 0.29) is 12.1 Å². The van der Waals surface area contributed by atoms with Crippen molar-refractivity contribution in [3.63, 3.8) is 0 Å². The molecule has 2 aromatic heterocycles. The second kappa shape index (κ2) is 8.69. The van der Waals surface area contributed by atoms with Crippen molar-refractivity contribution in [1.82, 2.24) is 19.1 Å². The van der Waals surface area contributed by atoms with E-state index in [0.717, 1.165) is 36.6 Å². The van der Waals surface area contributed by atoms with Crippen LogP contribution in [0.4, 0.5) is 9.39 Å². The molecule has 0 amide bonds. The van der Waals surface area contributed by atoms with Gasteiger partial charge in [-0.3, -0.25) is 14.3 Å². The Morgan fingerprint density at radius 3 is 2.79 bits per heavy atom. The van der Waals surface area contributed by atoms with E-state index >= 15 is 4.39 Å². The van der Waals surface area contributed by atoms with Gasteiger partial charge in [0.15, 0.2) is 0 Å². The Balaban J connectivity index is 1.50. The maximum Gasteiger partial charge on any atom is 0.265 e. The molecule has 0 radical (unpaired) electrons. The van der Waals surface area contributed by atoms with Gasteiger partial charge in [-0.1, -0.05) is 6.92 Å². The Kier molecular flexibility index (Phi) is 5.87. The molecule has 2 aliphatic rings. The van der Waals surface area contributed by atoms with Crippen LogP contribution in [0.15, 0.2) is 41.6 Å². The lowest BCUT2D eigenvalue weighted by Gasteiger charge is -2.45. The van der Waals surface area contributed by atoms with Crippen LogP contribution in [0.25, 0.3) is 0 Å². The molecule has 0 spiro atoms. The molecule has 33 heavy (non-hydrogen) atoms. The van der Waals surface area contributed by atoms with Crippen molar-refractivity contribution in [2.75, 3.05) is 17.9 Å². The number of hydrogen-bond acceptors (Lipinski definition) is 7. The number of likely N-dealkylation sites (tertiary alicyclic amines) is 1. The third-order valence-electron chi connectivity index (χ3n) is 6.54. The largest absolute Gasteiger partial charge is 0.493 e. The Bertz CT molecular complexity index is 1240. The summed E-state index contributed by atoms with van der Waals surface area (Å²) in [4.78, 5) is 1.98. The monoisotopic (exact) mass is 491 g/mol. The molecule has 8 nitrogen and oxygen atoms in total. The van der Waals surface area contributed by atoms with Crippen LogP contribution in [-0.4, -0.2) is 40.6 Å². The van der Waals surface area contributed by atoms with E-state index < -0.39 is 20.7 Å². The van der Waals surface area contributed by atoms with Gasteiger partial charge < -0.3 is 4.74 Å². The summed E-state index contributed by atoms with van der Waals surface area (Å²) in [6.45, 7) is 3.57. The standard InChI is InChI=1S/C22H26FN5O3S2/c1-14-5-9-28(19(11-14)18-3-7-24-27(18)2)17-6-10-31-20-13-21(16(23)12-15(17)20)33(29,30)26-22-4-8-25-32-22/h3-4,7-8,12-14,17,19,26H,5-6,9-11H2,1-2H3/t14-,17+,19+/m0/s1. The SMILES string of the molecule is C[C@H]1CCN([C@@H]2CCOc3cc(S(=O)(=O)Nc4ccns4)c(F)cc32)[C@@H](c2ccnn2C)C1. The fourth-order valence-corrected chi connectivity index (χ4v) is 6.77. The van der Waals surface area contributed by atoms with Crippen LogP contribution in [-0.2, 0) is 17.1 Å². The first-order valence-corrected chi connectivity index (χ1v) is 13.2. The van der Waals surface area contributed by atoms with Crippen LogP contribution < -0.4 is 9.46 Å². The maximum absolute atomic E-state index is 15.2. The van der Waals surface area contributed by atoms with Gasteiger partial charge >= 0.3 is 0 Å². The highest BCUT2D eigenvalue weighted by molar-refractivity contribution is 7.93. The number of ether oxygens (including phenoxy) is 1. The van der Waals surface area contributed by atoms with Crippen molar-refractivity contribution in [2.24, 2.45) is 13.0 Å². The first-order valence-electron chi connectivity index (χ1n) is 11.0. The van der Waals surface area contributed by atoms with Crippen molar-refractivity contribution >= 4 is 26.6 Å². The number of sulfonamides is 1. The molecule has 0 bridgehead atoms. The van der Waals surface area contributed by atoms with Crippen molar-refractivity contribution < 1.29 is 17.5 Å². The van der Waals surface area contributed by atoms with Crippen molar-refractivity contribution in [3.05, 3.63) is 53.7 Å². The van der Waals surface area contributed by atoms with E-state index in [9.17, 15) is 8.42 Å². The van der Waals surface area contributed by atoms with Gasteiger partial charge in [0, 0.05) is 43.5 Å². The zero-order valence-electron chi connectivity index (χ0n) is 18.4. The number of rotatable bonds is 5. The molecule has 0 saturated carbocycles. The zero-order valence-corrected chi connectivity index (χ0v) is 20.1. The summed E-state index contributed by atoms with van der Waals surface area (Å²) in [5, 5.41) is 4.68. The lowest BCUT2D eigenvalue weighted by molar-refractivity contribution is 0.0448. The summed E-state index contributed by atoms with van der Waals surface area (Å²) in [5.74, 6) is 0.200. The van der Waals surface area contributed by atoms with Gasteiger partial charge in [-0.2, -0.15) is 9.47 Å². The summed E-state index contributed by atoms with van der Waals surface area (Å²) < 4.78 is 54.9. The third kappa shape index (κ3) is 4.24. The Morgan fingerprint density at radius 1 is 1.21 bits per heavy atom. The van der Waals surface area contributed by atoms with E-state index in [2.05, 4.69) is 26.0 Å². The second-order valence-electron chi connectivity index (χ2n) is 8.72. The third-order valence-corrected chi connectivity index (χ3v) is 8.71. The summed E-state index contributed by atoms with van der Waals surface area (Å²) in [6, 6.07) is 6.29. The predicted octanol–water partition coefficient (Wildman–Crippen LogP) is 4.11. The number of anilines is 1. The van der Waals surface area contributed by atoms with Crippen molar-refractivity contribution in [3.8, 4) is 5.75 Å². The number of halogens is 1. The van der Waals surface area contributed by atoms with Crippen LogP contribution in [0, 0.1) is 11.7 Å². The summed E-state index contributed by atoms with van der Waals surface area (Å²) in [6.07, 6.45) is 6.03. The van der Waals surface area contributed by atoms with E-state index in [4.69, 9.17) is 4.74 Å². The summed E-state index contributed by atoms with van der Waals surface area (Å²) in [7, 11) is -2.17. The van der Waals surface area contributed by atoms with Gasteiger partial charge in [-0.15, -0.1) is 0 Å². The number of piperidine rings is 1.